The third-order valence-electron chi connectivity index (χ3n) is 5.02. The van der Waals surface area contributed by atoms with Crippen LogP contribution in [0, 0.1) is 6.92 Å². The van der Waals surface area contributed by atoms with Crippen molar-refractivity contribution in [2.75, 3.05) is 7.11 Å². The number of ether oxygens (including phenoxy) is 1. The topological polar surface area (TPSA) is 46.6 Å². The molecular formula is C25H21NO3. The summed E-state index contributed by atoms with van der Waals surface area (Å²) >= 11 is 0. The Bertz CT molecular complexity index is 1110. The lowest BCUT2D eigenvalue weighted by molar-refractivity contribution is -0.123. The largest absolute Gasteiger partial charge is 0.497 e. The molecule has 0 saturated heterocycles. The van der Waals surface area contributed by atoms with E-state index in [1.807, 2.05) is 79.7 Å². The summed E-state index contributed by atoms with van der Waals surface area (Å²) in [5, 5.41) is 0. The van der Waals surface area contributed by atoms with E-state index >= 15 is 0 Å². The second-order valence-corrected chi connectivity index (χ2v) is 7.06. The number of hydrogen-bond donors (Lipinski definition) is 0. The maximum Gasteiger partial charge on any atom is 0.261 e. The highest BCUT2D eigenvalue weighted by Gasteiger charge is 2.34. The lowest BCUT2D eigenvalue weighted by Crippen LogP contribution is -2.41. The van der Waals surface area contributed by atoms with Gasteiger partial charge in [-0.3, -0.25) is 14.5 Å². The van der Waals surface area contributed by atoms with Gasteiger partial charge in [-0.05, 0) is 47.9 Å². The number of rotatable bonds is 4. The average Bonchev–Trinajstić information content (AvgIpc) is 2.75. The van der Waals surface area contributed by atoms with E-state index in [1.165, 1.54) is 4.90 Å². The molecule has 0 N–H and O–H groups in total. The molecule has 0 unspecified atom stereocenters. The number of methoxy groups -OCH3 is 1. The fourth-order valence-corrected chi connectivity index (χ4v) is 3.53. The van der Waals surface area contributed by atoms with Crippen LogP contribution >= 0.6 is 0 Å². The minimum absolute atomic E-state index is 0.209. The Morgan fingerprint density at radius 3 is 2.28 bits per heavy atom. The number of hydrogen-bond acceptors (Lipinski definition) is 3. The molecule has 0 aliphatic carbocycles. The molecule has 4 heteroatoms. The number of nitrogens with zero attached hydrogens (tertiary/aromatic N) is 1. The molecule has 0 aromatic heterocycles. The molecule has 1 heterocycles. The summed E-state index contributed by atoms with van der Waals surface area (Å²) in [6.45, 7) is 2.22. The fourth-order valence-electron chi connectivity index (χ4n) is 3.53. The first-order chi connectivity index (χ1) is 14.1. The van der Waals surface area contributed by atoms with Gasteiger partial charge in [-0.1, -0.05) is 60.2 Å². The summed E-state index contributed by atoms with van der Waals surface area (Å²) in [7, 11) is 1.60. The molecule has 0 radical (unpaired) electrons. The van der Waals surface area contributed by atoms with Crippen molar-refractivity contribution in [1.29, 1.82) is 0 Å². The van der Waals surface area contributed by atoms with Gasteiger partial charge in [0.1, 0.15) is 5.75 Å². The van der Waals surface area contributed by atoms with Gasteiger partial charge in [0, 0.05) is 11.1 Å². The van der Waals surface area contributed by atoms with Crippen molar-refractivity contribution in [2.45, 2.75) is 13.5 Å². The Morgan fingerprint density at radius 2 is 1.59 bits per heavy atom. The van der Waals surface area contributed by atoms with Crippen molar-refractivity contribution >= 4 is 23.5 Å². The number of imide groups is 1. The van der Waals surface area contributed by atoms with Crippen LogP contribution in [0.4, 0.5) is 0 Å². The Labute approximate surface area is 170 Å². The van der Waals surface area contributed by atoms with Crippen molar-refractivity contribution < 1.29 is 14.3 Å². The quantitative estimate of drug-likeness (QED) is 0.483. The van der Waals surface area contributed by atoms with Gasteiger partial charge in [0.2, 0.25) is 0 Å². The molecule has 0 saturated carbocycles. The van der Waals surface area contributed by atoms with E-state index in [0.29, 0.717) is 16.7 Å². The van der Waals surface area contributed by atoms with Crippen LogP contribution in [0.1, 0.15) is 32.6 Å². The third kappa shape index (κ3) is 3.69. The van der Waals surface area contributed by atoms with Gasteiger partial charge in [0.15, 0.2) is 0 Å². The zero-order valence-corrected chi connectivity index (χ0v) is 16.4. The molecule has 4 nitrogen and oxygen atoms in total. The van der Waals surface area contributed by atoms with Gasteiger partial charge in [-0.15, -0.1) is 0 Å². The van der Waals surface area contributed by atoms with Gasteiger partial charge in [-0.2, -0.15) is 0 Å². The molecular weight excluding hydrogens is 362 g/mol. The van der Waals surface area contributed by atoms with Crippen LogP contribution in [0.3, 0.4) is 0 Å². The molecule has 1 aliphatic heterocycles. The summed E-state index contributed by atoms with van der Waals surface area (Å²) < 4.78 is 5.18. The highest BCUT2D eigenvalue weighted by Crippen LogP contribution is 2.31. The normalized spacial score (nSPS) is 14.8. The molecule has 3 aromatic rings. The minimum Gasteiger partial charge on any atom is -0.497 e. The SMILES string of the molecule is COc1ccc(CN2C(=O)/C(=C\c3cccc(C)c3)c3ccccc3C2=O)cc1. The highest BCUT2D eigenvalue weighted by molar-refractivity contribution is 6.33. The molecule has 1 aliphatic rings. The molecule has 0 spiro atoms. The summed E-state index contributed by atoms with van der Waals surface area (Å²) in [4.78, 5) is 27.7. The van der Waals surface area contributed by atoms with Crippen LogP contribution in [0.2, 0.25) is 0 Å². The monoisotopic (exact) mass is 383 g/mol. The summed E-state index contributed by atoms with van der Waals surface area (Å²) in [6, 6.07) is 22.6. The number of carbonyl (C=O) groups excluding carboxylic acids is 2. The minimum atomic E-state index is -0.286. The number of aryl methyl sites for hydroxylation is 1. The second-order valence-electron chi connectivity index (χ2n) is 7.06. The first kappa shape index (κ1) is 18.7. The van der Waals surface area contributed by atoms with E-state index in [1.54, 1.807) is 13.2 Å². The van der Waals surface area contributed by atoms with Crippen molar-refractivity contribution in [3.8, 4) is 5.75 Å². The molecule has 0 fully saturated rings. The fraction of sp³-hybridized carbons (Fsp3) is 0.120. The molecule has 144 valence electrons. The van der Waals surface area contributed by atoms with Crippen molar-refractivity contribution in [3.05, 3.63) is 101 Å². The lowest BCUT2D eigenvalue weighted by atomic mass is 9.91. The van der Waals surface area contributed by atoms with Crippen LogP contribution in [0.25, 0.3) is 11.6 Å². The van der Waals surface area contributed by atoms with E-state index in [0.717, 1.165) is 22.4 Å². The van der Waals surface area contributed by atoms with Crippen molar-refractivity contribution in [3.63, 3.8) is 0 Å². The standard InChI is InChI=1S/C25H21NO3/c1-17-6-5-7-19(14-17)15-23-21-8-3-4-9-22(21)24(27)26(25(23)28)16-18-10-12-20(29-2)13-11-18/h3-15H,16H2,1-2H3/b23-15-. The Kier molecular flexibility index (Phi) is 5.00. The van der Waals surface area contributed by atoms with Crippen molar-refractivity contribution in [2.24, 2.45) is 0 Å². The van der Waals surface area contributed by atoms with Gasteiger partial charge < -0.3 is 4.74 Å². The maximum atomic E-state index is 13.3. The number of carbonyl (C=O) groups is 2. The Balaban J connectivity index is 1.76. The summed E-state index contributed by atoms with van der Waals surface area (Å²) in [5.41, 5.74) is 4.65. The van der Waals surface area contributed by atoms with E-state index < -0.39 is 0 Å². The van der Waals surface area contributed by atoms with Crippen molar-refractivity contribution in [1.82, 2.24) is 4.90 Å². The third-order valence-corrected chi connectivity index (χ3v) is 5.02. The predicted octanol–water partition coefficient (Wildman–Crippen LogP) is 4.73. The van der Waals surface area contributed by atoms with Crippen LogP contribution in [0.5, 0.6) is 5.75 Å². The smallest absolute Gasteiger partial charge is 0.261 e. The van der Waals surface area contributed by atoms with Gasteiger partial charge >= 0.3 is 0 Å². The molecule has 0 atom stereocenters. The Hall–Kier alpha value is -3.66. The van der Waals surface area contributed by atoms with Crippen LogP contribution in [0.15, 0.2) is 72.8 Å². The molecule has 3 aromatic carbocycles. The summed E-state index contributed by atoms with van der Waals surface area (Å²) in [6.07, 6.45) is 1.86. The second kappa shape index (κ2) is 7.76. The summed E-state index contributed by atoms with van der Waals surface area (Å²) in [5.74, 6) is 0.171. The van der Waals surface area contributed by atoms with E-state index in [-0.39, 0.29) is 18.4 Å². The molecule has 4 rings (SSSR count). The highest BCUT2D eigenvalue weighted by atomic mass is 16.5. The number of benzene rings is 3. The first-order valence-electron chi connectivity index (χ1n) is 9.44. The zero-order chi connectivity index (χ0) is 20.4. The average molecular weight is 383 g/mol. The van der Waals surface area contributed by atoms with Gasteiger partial charge in [-0.25, -0.2) is 0 Å². The van der Waals surface area contributed by atoms with Crippen LogP contribution in [-0.4, -0.2) is 23.8 Å². The number of amides is 2. The molecule has 2 amide bonds. The predicted molar refractivity (Wildman–Crippen MR) is 113 cm³/mol. The first-order valence-corrected chi connectivity index (χ1v) is 9.44. The van der Waals surface area contributed by atoms with Crippen LogP contribution in [-0.2, 0) is 11.3 Å². The van der Waals surface area contributed by atoms with Crippen LogP contribution < -0.4 is 4.74 Å². The maximum absolute atomic E-state index is 13.3. The number of fused-ring (bicyclic) bond motifs is 1. The van der Waals surface area contributed by atoms with Gasteiger partial charge in [0.05, 0.1) is 13.7 Å². The molecule has 0 bridgehead atoms. The van der Waals surface area contributed by atoms with E-state index in [9.17, 15) is 9.59 Å². The lowest BCUT2D eigenvalue weighted by Gasteiger charge is -2.29. The van der Waals surface area contributed by atoms with E-state index in [4.69, 9.17) is 4.74 Å². The Morgan fingerprint density at radius 1 is 0.862 bits per heavy atom. The zero-order valence-electron chi connectivity index (χ0n) is 16.4. The van der Waals surface area contributed by atoms with E-state index in [2.05, 4.69) is 0 Å². The van der Waals surface area contributed by atoms with Gasteiger partial charge in [0.25, 0.3) is 11.8 Å². The molecule has 29 heavy (non-hydrogen) atoms.